The molecule has 6 heteroatoms. The summed E-state index contributed by atoms with van der Waals surface area (Å²) in [6, 6.07) is 19.1. The Morgan fingerprint density at radius 3 is 2.39 bits per heavy atom. The van der Waals surface area contributed by atoms with Gasteiger partial charge in [0.2, 0.25) is 5.91 Å². The molecular weight excluding hydrogens is 479 g/mol. The van der Waals surface area contributed by atoms with Crippen LogP contribution in [0.15, 0.2) is 90.7 Å². The zero-order valence-electron chi connectivity index (χ0n) is 21.4. The van der Waals surface area contributed by atoms with Gasteiger partial charge in [0, 0.05) is 11.3 Å². The molecule has 5 nitrogen and oxygen atoms in total. The number of hydrogen-bond donors (Lipinski definition) is 3. The number of aromatic hydroxyl groups is 1. The number of carbonyl (C=O) groups excluding carboxylic acids is 1. The number of benzene rings is 3. The lowest BCUT2D eigenvalue weighted by Crippen LogP contribution is -2.54. The van der Waals surface area contributed by atoms with Crippen molar-refractivity contribution >= 4 is 5.91 Å². The molecule has 0 bridgehead atoms. The van der Waals surface area contributed by atoms with Crippen LogP contribution in [0.1, 0.15) is 48.1 Å². The number of nitrogens with zero attached hydrogens (tertiary/aromatic N) is 1. The predicted molar refractivity (Wildman–Crippen MR) is 146 cm³/mol. The first kappa shape index (κ1) is 25.9. The SMILES string of the molecule is Cc1ccc(-c2ccc([C@@H]3[C@@H](CC[C@H](O)c4ccc(F)cc4)C(=O)N3C3=CCC(CN)C=C3)c(O)c2)cc1. The molecule has 196 valence electrons. The molecule has 3 aromatic carbocycles. The first-order valence-electron chi connectivity index (χ1n) is 13.1. The van der Waals surface area contributed by atoms with Crippen molar-refractivity contribution in [1.82, 2.24) is 4.90 Å². The van der Waals surface area contributed by atoms with Crippen LogP contribution in [0.2, 0.25) is 0 Å². The van der Waals surface area contributed by atoms with Crippen LogP contribution in [0.5, 0.6) is 5.75 Å². The van der Waals surface area contributed by atoms with E-state index < -0.39 is 12.0 Å². The van der Waals surface area contributed by atoms with Gasteiger partial charge in [0.1, 0.15) is 11.6 Å². The summed E-state index contributed by atoms with van der Waals surface area (Å²) in [5.41, 5.74) is 11.0. The third-order valence-corrected chi connectivity index (χ3v) is 7.70. The van der Waals surface area contributed by atoms with E-state index in [2.05, 4.69) is 0 Å². The lowest BCUT2D eigenvalue weighted by atomic mass is 9.77. The van der Waals surface area contributed by atoms with Crippen molar-refractivity contribution < 1.29 is 19.4 Å². The Labute approximate surface area is 222 Å². The molecule has 2 aliphatic rings. The molecule has 1 aliphatic carbocycles. The molecule has 0 radical (unpaired) electrons. The van der Waals surface area contributed by atoms with Gasteiger partial charge < -0.3 is 20.8 Å². The molecule has 3 aromatic rings. The number of amides is 1. The summed E-state index contributed by atoms with van der Waals surface area (Å²) in [5, 5.41) is 21.8. The number of rotatable bonds is 8. The Morgan fingerprint density at radius 2 is 1.76 bits per heavy atom. The van der Waals surface area contributed by atoms with E-state index in [1.165, 1.54) is 12.1 Å². The monoisotopic (exact) mass is 512 g/mol. The van der Waals surface area contributed by atoms with Crippen LogP contribution in [0.25, 0.3) is 11.1 Å². The van der Waals surface area contributed by atoms with E-state index in [-0.39, 0.29) is 29.4 Å². The van der Waals surface area contributed by atoms with Gasteiger partial charge in [-0.3, -0.25) is 4.79 Å². The molecule has 5 rings (SSSR count). The number of β-lactam (4-membered cyclic amide) rings is 1. The summed E-state index contributed by atoms with van der Waals surface area (Å²) in [6.07, 6.45) is 6.72. The highest BCUT2D eigenvalue weighted by Crippen LogP contribution is 2.49. The van der Waals surface area contributed by atoms with Crippen LogP contribution in [0.3, 0.4) is 0 Å². The average molecular weight is 513 g/mol. The first-order chi connectivity index (χ1) is 18.4. The number of carbonyl (C=O) groups is 1. The van der Waals surface area contributed by atoms with Crippen LogP contribution in [-0.2, 0) is 4.79 Å². The van der Waals surface area contributed by atoms with Crippen LogP contribution in [0, 0.1) is 24.6 Å². The lowest BCUT2D eigenvalue weighted by Gasteiger charge is -2.49. The lowest BCUT2D eigenvalue weighted by molar-refractivity contribution is -0.153. The summed E-state index contributed by atoms with van der Waals surface area (Å²) in [7, 11) is 0. The van der Waals surface area contributed by atoms with Crippen LogP contribution >= 0.6 is 0 Å². The van der Waals surface area contributed by atoms with Crippen LogP contribution < -0.4 is 5.73 Å². The quantitative estimate of drug-likeness (QED) is 0.326. The minimum absolute atomic E-state index is 0.0367. The largest absolute Gasteiger partial charge is 0.508 e. The van der Waals surface area contributed by atoms with Crippen LogP contribution in [-0.4, -0.2) is 27.6 Å². The van der Waals surface area contributed by atoms with E-state index in [1.54, 1.807) is 23.1 Å². The van der Waals surface area contributed by atoms with Crippen molar-refractivity contribution in [3.63, 3.8) is 0 Å². The second kappa shape index (κ2) is 10.9. The highest BCUT2D eigenvalue weighted by molar-refractivity contribution is 5.89. The van der Waals surface area contributed by atoms with E-state index in [0.717, 1.165) is 28.8 Å². The fourth-order valence-electron chi connectivity index (χ4n) is 5.39. The van der Waals surface area contributed by atoms with Gasteiger partial charge in [-0.2, -0.15) is 0 Å². The summed E-state index contributed by atoms with van der Waals surface area (Å²) in [5.74, 6) is -0.415. The second-order valence-electron chi connectivity index (χ2n) is 10.3. The molecule has 4 atom stereocenters. The molecule has 1 fully saturated rings. The number of aliphatic hydroxyl groups is 1. The zero-order chi connectivity index (χ0) is 26.8. The highest BCUT2D eigenvalue weighted by Gasteiger charge is 2.50. The Hall–Kier alpha value is -3.74. The third kappa shape index (κ3) is 5.15. The van der Waals surface area contributed by atoms with Crippen molar-refractivity contribution in [2.24, 2.45) is 17.6 Å². The number of aryl methyl sites for hydroxylation is 1. The maximum Gasteiger partial charge on any atom is 0.233 e. The van der Waals surface area contributed by atoms with Gasteiger partial charge in [-0.05, 0) is 79.6 Å². The van der Waals surface area contributed by atoms with Gasteiger partial charge in [0.05, 0.1) is 18.1 Å². The molecule has 1 aliphatic heterocycles. The maximum absolute atomic E-state index is 13.4. The zero-order valence-corrected chi connectivity index (χ0v) is 21.4. The van der Waals surface area contributed by atoms with Gasteiger partial charge in [0.15, 0.2) is 0 Å². The normalized spacial score (nSPS) is 21.7. The van der Waals surface area contributed by atoms with E-state index in [4.69, 9.17) is 5.73 Å². The van der Waals surface area contributed by atoms with E-state index in [9.17, 15) is 19.4 Å². The molecule has 1 heterocycles. The number of aliphatic hydroxyl groups excluding tert-OH is 1. The predicted octanol–water partition coefficient (Wildman–Crippen LogP) is 5.94. The average Bonchev–Trinajstić information content (AvgIpc) is 2.93. The Bertz CT molecular complexity index is 1360. The number of hydrogen-bond acceptors (Lipinski definition) is 4. The Kier molecular flexibility index (Phi) is 7.45. The third-order valence-electron chi connectivity index (χ3n) is 7.70. The van der Waals surface area contributed by atoms with Gasteiger partial charge in [-0.1, -0.05) is 66.2 Å². The summed E-state index contributed by atoms with van der Waals surface area (Å²) < 4.78 is 13.3. The molecular formula is C32H33FN2O3. The summed E-state index contributed by atoms with van der Waals surface area (Å²) in [6.45, 7) is 2.58. The molecule has 38 heavy (non-hydrogen) atoms. The molecule has 1 amide bonds. The standard InChI is InChI=1S/C32H33FN2O3/c1-20-2-6-22(7-3-20)24-10-15-27(30(37)18-24)31-28(16-17-29(36)23-8-11-25(33)12-9-23)32(38)35(31)26-13-4-21(19-34)5-14-26/h2-4,6-15,18,21,28-29,31,36-37H,5,16-17,19,34H2,1H3/t21?,28-,29+,31-/m1/s1. The van der Waals surface area contributed by atoms with Crippen molar-refractivity contribution in [3.8, 4) is 16.9 Å². The van der Waals surface area contributed by atoms with E-state index in [0.29, 0.717) is 30.5 Å². The molecule has 1 saturated heterocycles. The minimum atomic E-state index is -0.810. The topological polar surface area (TPSA) is 86.8 Å². The number of allylic oxidation sites excluding steroid dienone is 2. The first-order valence-corrected chi connectivity index (χ1v) is 13.1. The van der Waals surface area contributed by atoms with Gasteiger partial charge in [0.25, 0.3) is 0 Å². The fourth-order valence-corrected chi connectivity index (χ4v) is 5.39. The minimum Gasteiger partial charge on any atom is -0.508 e. The van der Waals surface area contributed by atoms with Crippen molar-refractivity contribution in [1.29, 1.82) is 0 Å². The van der Waals surface area contributed by atoms with Gasteiger partial charge in [-0.15, -0.1) is 0 Å². The van der Waals surface area contributed by atoms with Crippen molar-refractivity contribution in [3.05, 3.63) is 113 Å². The number of nitrogens with two attached hydrogens (primary N) is 1. The molecule has 0 saturated carbocycles. The van der Waals surface area contributed by atoms with E-state index >= 15 is 0 Å². The van der Waals surface area contributed by atoms with E-state index in [1.807, 2.05) is 61.5 Å². The summed E-state index contributed by atoms with van der Waals surface area (Å²) >= 11 is 0. The van der Waals surface area contributed by atoms with Gasteiger partial charge in [-0.25, -0.2) is 4.39 Å². The smallest absolute Gasteiger partial charge is 0.233 e. The number of phenolic OH excluding ortho intramolecular Hbond substituents is 1. The Balaban J connectivity index is 1.41. The highest BCUT2D eigenvalue weighted by atomic mass is 19.1. The molecule has 4 N–H and O–H groups in total. The molecule has 0 aromatic heterocycles. The van der Waals surface area contributed by atoms with Gasteiger partial charge >= 0.3 is 0 Å². The number of halogens is 1. The molecule has 0 spiro atoms. The van der Waals surface area contributed by atoms with Crippen molar-refractivity contribution in [2.45, 2.75) is 38.3 Å². The number of phenols is 1. The molecule has 1 unspecified atom stereocenters. The fraction of sp³-hybridized carbons (Fsp3) is 0.281. The Morgan fingerprint density at radius 1 is 1.05 bits per heavy atom. The summed E-state index contributed by atoms with van der Waals surface area (Å²) in [4.78, 5) is 15.2. The van der Waals surface area contributed by atoms with Crippen molar-refractivity contribution in [2.75, 3.05) is 6.54 Å². The maximum atomic E-state index is 13.4. The second-order valence-corrected chi connectivity index (χ2v) is 10.3. The number of likely N-dealkylation sites (tertiary alicyclic amines) is 1. The van der Waals surface area contributed by atoms with Crippen LogP contribution in [0.4, 0.5) is 4.39 Å².